The van der Waals surface area contributed by atoms with Crippen molar-refractivity contribution in [3.8, 4) is 100 Å². The Morgan fingerprint density at radius 2 is 0.449 bits per heavy atom. The van der Waals surface area contributed by atoms with Gasteiger partial charge in [0.15, 0.2) is 0 Å². The van der Waals surface area contributed by atoms with E-state index in [0.29, 0.717) is 0 Å². The van der Waals surface area contributed by atoms with E-state index >= 15 is 0 Å². The predicted molar refractivity (Wildman–Crippen MR) is 418 cm³/mol. The Labute approximate surface area is 575 Å². The highest BCUT2D eigenvalue weighted by Crippen LogP contribution is 2.60. The minimum absolute atomic E-state index is 0.0131. The molecule has 98 heavy (non-hydrogen) atoms. The van der Waals surface area contributed by atoms with E-state index in [2.05, 4.69) is 359 Å². The number of benzene rings is 16. The van der Waals surface area contributed by atoms with E-state index in [-0.39, 0.29) is 21.7 Å². The summed E-state index contributed by atoms with van der Waals surface area (Å²) in [7, 11) is 0. The largest absolute Gasteiger partial charge is 0.0619 e. The van der Waals surface area contributed by atoms with Gasteiger partial charge in [-0.3, -0.25) is 0 Å². The first kappa shape index (κ1) is 58.2. The Morgan fingerprint density at radius 3 is 0.969 bits per heavy atom. The van der Waals surface area contributed by atoms with Crippen LogP contribution >= 0.6 is 0 Å². The summed E-state index contributed by atoms with van der Waals surface area (Å²) >= 11 is 0. The van der Waals surface area contributed by atoms with Crippen LogP contribution in [0.4, 0.5) is 0 Å². The molecule has 0 fully saturated rings. The van der Waals surface area contributed by atoms with Crippen LogP contribution in [0.2, 0.25) is 0 Å². The summed E-state index contributed by atoms with van der Waals surface area (Å²) in [4.78, 5) is 0. The Balaban J connectivity index is 0.000000140. The monoisotopic (exact) mass is 1250 g/mol. The molecule has 0 aliphatic heterocycles. The van der Waals surface area contributed by atoms with Gasteiger partial charge < -0.3 is 0 Å². The van der Waals surface area contributed by atoms with Gasteiger partial charge in [-0.05, 0) is 265 Å². The maximum atomic E-state index is 2.53. The third-order valence-electron chi connectivity index (χ3n) is 23.4. The lowest BCUT2D eigenvalue weighted by atomic mass is 9.72. The molecule has 0 heterocycles. The Bertz CT molecular complexity index is 6110. The standard InChI is InChI=1S/C54H40.C44H34/c1-53(2)49-16-10-9-15-44(49)47-31-48-45-24-23-39(30-50(45)54(3,4)52(48)32-51(47)53)42-28-40-13-7-8-14-43(40)46(29-42)41-22-21-37-26-36(19-20-38(37)27-41)35-18-17-33-11-5-6-12-34(33)25-35;1-43(2)39-12-8-7-11-35(39)37-21-22-38-36-20-19-34(26-40(36)44(3,4)42(38)41(37)43)33-18-17-31-24-30(15-16-32(31)25-33)29-14-13-27-9-5-6-10-28(27)23-29/h5-32H,1-4H3;5-26H,1-4H3. The minimum Gasteiger partial charge on any atom is -0.0619 e. The van der Waals surface area contributed by atoms with Crippen LogP contribution < -0.4 is 0 Å². The molecule has 0 N–H and O–H groups in total. The average Bonchev–Trinajstić information content (AvgIpc) is 1.56. The zero-order valence-corrected chi connectivity index (χ0v) is 56.9. The van der Waals surface area contributed by atoms with E-state index in [1.54, 1.807) is 0 Å². The summed E-state index contributed by atoms with van der Waals surface area (Å²) in [6.07, 6.45) is 0. The number of hydrogen-bond acceptors (Lipinski definition) is 0. The van der Waals surface area contributed by atoms with Crippen LogP contribution in [0, 0.1) is 0 Å². The van der Waals surface area contributed by atoms with Crippen molar-refractivity contribution in [3.63, 3.8) is 0 Å². The second-order valence-corrected chi connectivity index (χ2v) is 30.4. The summed E-state index contributed by atoms with van der Waals surface area (Å²) in [6.45, 7) is 19.3. The average molecular weight is 1250 g/mol. The van der Waals surface area contributed by atoms with Crippen molar-refractivity contribution in [2.45, 2.75) is 77.0 Å². The molecule has 0 saturated carbocycles. The van der Waals surface area contributed by atoms with E-state index in [1.165, 1.54) is 199 Å². The van der Waals surface area contributed by atoms with Crippen molar-refractivity contribution < 1.29 is 0 Å². The number of fused-ring (bicyclic) bond motifs is 18. The summed E-state index contributed by atoms with van der Waals surface area (Å²) < 4.78 is 0. The smallest absolute Gasteiger partial charge is 0.0162 e. The Hall–Kier alpha value is -11.2. The van der Waals surface area contributed by atoms with E-state index in [4.69, 9.17) is 0 Å². The minimum atomic E-state index is -0.107. The molecule has 0 bridgehead atoms. The zero-order valence-electron chi connectivity index (χ0n) is 56.9. The summed E-state index contributed by atoms with van der Waals surface area (Å²) in [6, 6.07) is 114. The topological polar surface area (TPSA) is 0 Å². The van der Waals surface area contributed by atoms with E-state index in [9.17, 15) is 0 Å². The Morgan fingerprint density at radius 1 is 0.153 bits per heavy atom. The van der Waals surface area contributed by atoms with Crippen molar-refractivity contribution in [1.82, 2.24) is 0 Å². The van der Waals surface area contributed by atoms with Gasteiger partial charge in [-0.2, -0.15) is 0 Å². The van der Waals surface area contributed by atoms with Gasteiger partial charge in [-0.1, -0.05) is 292 Å². The van der Waals surface area contributed by atoms with Gasteiger partial charge in [-0.15, -0.1) is 0 Å². The first-order valence-electron chi connectivity index (χ1n) is 35.0. The van der Waals surface area contributed by atoms with Gasteiger partial charge in [0.2, 0.25) is 0 Å². The van der Waals surface area contributed by atoms with Crippen LogP contribution in [0.15, 0.2) is 303 Å². The van der Waals surface area contributed by atoms with Gasteiger partial charge in [0, 0.05) is 21.7 Å². The van der Waals surface area contributed by atoms with Crippen molar-refractivity contribution in [1.29, 1.82) is 0 Å². The zero-order chi connectivity index (χ0) is 66.1. The molecule has 0 saturated heterocycles. The van der Waals surface area contributed by atoms with Gasteiger partial charge >= 0.3 is 0 Å². The fraction of sp³-hybridized carbons (Fsp3) is 0.122. The molecule has 20 rings (SSSR count). The first-order chi connectivity index (χ1) is 47.5. The summed E-state index contributed by atoms with van der Waals surface area (Å²) in [5.41, 5.74) is 35.0. The van der Waals surface area contributed by atoms with Gasteiger partial charge in [0.25, 0.3) is 0 Å². The lowest BCUT2D eigenvalue weighted by Crippen LogP contribution is -2.24. The second kappa shape index (κ2) is 21.2. The molecule has 4 aliphatic rings. The molecule has 0 nitrogen and oxygen atoms in total. The molecule has 16 aromatic carbocycles. The normalized spacial score (nSPS) is 14.9. The van der Waals surface area contributed by atoms with Crippen LogP contribution in [0.5, 0.6) is 0 Å². The highest BCUT2D eigenvalue weighted by molar-refractivity contribution is 6.04. The molecule has 466 valence electrons. The van der Waals surface area contributed by atoms with E-state index in [1.807, 2.05) is 0 Å². The molecule has 0 radical (unpaired) electrons. The quantitative estimate of drug-likeness (QED) is 0.161. The molecule has 0 atom stereocenters. The van der Waals surface area contributed by atoms with Crippen molar-refractivity contribution >= 4 is 53.9 Å². The number of hydrogen-bond donors (Lipinski definition) is 0. The Kier molecular flexibility index (Phi) is 12.6. The molecule has 0 spiro atoms. The van der Waals surface area contributed by atoms with Crippen LogP contribution in [0.3, 0.4) is 0 Å². The lowest BCUT2D eigenvalue weighted by Gasteiger charge is -2.30. The summed E-state index contributed by atoms with van der Waals surface area (Å²) in [5.74, 6) is 0. The maximum absolute atomic E-state index is 2.53. The fourth-order valence-corrected chi connectivity index (χ4v) is 18.1. The highest BCUT2D eigenvalue weighted by atomic mass is 14.5. The van der Waals surface area contributed by atoms with Crippen molar-refractivity contribution in [2.75, 3.05) is 0 Å². The lowest BCUT2D eigenvalue weighted by molar-refractivity contribution is 0.601. The van der Waals surface area contributed by atoms with Gasteiger partial charge in [0.05, 0.1) is 0 Å². The highest BCUT2D eigenvalue weighted by Gasteiger charge is 2.46. The van der Waals surface area contributed by atoms with Crippen molar-refractivity contribution in [2.24, 2.45) is 0 Å². The van der Waals surface area contributed by atoms with Gasteiger partial charge in [-0.25, -0.2) is 0 Å². The molecule has 0 unspecified atom stereocenters. The van der Waals surface area contributed by atoms with Crippen LogP contribution in [0.25, 0.3) is 154 Å². The second-order valence-electron chi connectivity index (χ2n) is 30.4. The van der Waals surface area contributed by atoms with Crippen LogP contribution in [-0.4, -0.2) is 0 Å². The number of rotatable bonds is 5. The molecule has 4 aliphatic carbocycles. The van der Waals surface area contributed by atoms with E-state index in [0.717, 1.165) is 0 Å². The summed E-state index contributed by atoms with van der Waals surface area (Å²) in [5, 5.41) is 12.7. The molecular weight excluding hydrogens is 1180 g/mol. The predicted octanol–water partition coefficient (Wildman–Crippen LogP) is 26.7. The van der Waals surface area contributed by atoms with Crippen LogP contribution in [0.1, 0.15) is 99.9 Å². The maximum Gasteiger partial charge on any atom is 0.0162 e. The molecule has 0 amide bonds. The van der Waals surface area contributed by atoms with E-state index < -0.39 is 0 Å². The molecule has 16 aromatic rings. The molecular formula is C98H74. The fourth-order valence-electron chi connectivity index (χ4n) is 18.1. The third-order valence-corrected chi connectivity index (χ3v) is 23.4. The van der Waals surface area contributed by atoms with Gasteiger partial charge in [0.1, 0.15) is 0 Å². The third kappa shape index (κ3) is 8.76. The first-order valence-corrected chi connectivity index (χ1v) is 35.0. The van der Waals surface area contributed by atoms with Crippen molar-refractivity contribution in [3.05, 3.63) is 348 Å². The molecule has 0 heteroatoms. The SMILES string of the molecule is CC1(C)c2ccccc2-c2cc3c(cc21)C(C)(C)c1cc(-c2cc(-c4ccc5cc(-c6ccc7ccccc7c6)ccc5c4)c4ccccc4c2)ccc1-3.CC1(C)c2ccccc2-c2ccc3c(c21)C(C)(C)c1cc(-c2ccc4cc(-c5ccc6ccccc6c5)ccc4c2)ccc1-3. The van der Waals surface area contributed by atoms with Crippen LogP contribution in [-0.2, 0) is 21.7 Å². The molecule has 0 aromatic heterocycles.